The molecule has 7 heteroatoms. The number of sulfone groups is 1. The van der Waals surface area contributed by atoms with Gasteiger partial charge in [-0.2, -0.15) is 0 Å². The molecule has 1 saturated carbocycles. The Morgan fingerprint density at radius 1 is 1.00 bits per heavy atom. The van der Waals surface area contributed by atoms with E-state index in [2.05, 4.69) is 5.32 Å². The van der Waals surface area contributed by atoms with Gasteiger partial charge in [0.15, 0.2) is 14.6 Å². The summed E-state index contributed by atoms with van der Waals surface area (Å²) in [7, 11) is -3.40. The van der Waals surface area contributed by atoms with Crippen molar-refractivity contribution in [1.29, 1.82) is 0 Å². The Labute approximate surface area is 145 Å². The first kappa shape index (κ1) is 19.0. The summed E-state index contributed by atoms with van der Waals surface area (Å²) in [6.07, 6.45) is 9.32. The number of hydrogen-bond acceptors (Lipinski definition) is 4. The van der Waals surface area contributed by atoms with Gasteiger partial charge >= 0.3 is 0 Å². The van der Waals surface area contributed by atoms with Crippen LogP contribution in [0, 0.1) is 5.41 Å². The molecule has 23 heavy (non-hydrogen) atoms. The minimum atomic E-state index is -3.40. The van der Waals surface area contributed by atoms with Crippen molar-refractivity contribution in [2.75, 3.05) is 32.4 Å². The number of likely N-dealkylation sites (tertiary alicyclic amines) is 1. The zero-order valence-electron chi connectivity index (χ0n) is 14.0. The fraction of sp³-hybridized carbons (Fsp3) is 0.938. The highest BCUT2D eigenvalue weighted by molar-refractivity contribution is 7.92. The lowest BCUT2D eigenvalue weighted by Gasteiger charge is -2.38. The van der Waals surface area contributed by atoms with Gasteiger partial charge in [0.2, 0.25) is 5.91 Å². The largest absolute Gasteiger partial charge is 0.341 e. The first-order chi connectivity index (χ1) is 10.4. The molecule has 0 radical (unpaired) electrons. The summed E-state index contributed by atoms with van der Waals surface area (Å²) in [5, 5.41) is 3.18. The number of halogens is 1. The number of carbonyl (C=O) groups excluding carboxylic acids is 1. The fourth-order valence-corrected chi connectivity index (χ4v) is 6.07. The van der Waals surface area contributed by atoms with Crippen molar-refractivity contribution >= 4 is 28.2 Å². The van der Waals surface area contributed by atoms with Crippen LogP contribution in [0.2, 0.25) is 0 Å². The van der Waals surface area contributed by atoms with Crippen LogP contribution in [0.5, 0.6) is 0 Å². The zero-order chi connectivity index (χ0) is 15.8. The van der Waals surface area contributed by atoms with E-state index in [0.29, 0.717) is 25.9 Å². The van der Waals surface area contributed by atoms with Crippen LogP contribution >= 0.6 is 12.4 Å². The van der Waals surface area contributed by atoms with Crippen molar-refractivity contribution in [3.05, 3.63) is 0 Å². The Bertz CT molecular complexity index is 538. The van der Waals surface area contributed by atoms with E-state index in [1.54, 1.807) is 0 Å². The number of rotatable bonds is 2. The summed E-state index contributed by atoms with van der Waals surface area (Å²) in [4.78, 5) is 15.0. The first-order valence-corrected chi connectivity index (χ1v) is 10.5. The van der Waals surface area contributed by atoms with Gasteiger partial charge in [-0.05, 0) is 50.6 Å². The van der Waals surface area contributed by atoms with Crippen LogP contribution < -0.4 is 5.32 Å². The molecule has 0 bridgehead atoms. The lowest BCUT2D eigenvalue weighted by Crippen LogP contribution is -2.58. The van der Waals surface area contributed by atoms with Crippen LogP contribution in [-0.4, -0.2) is 56.4 Å². The third-order valence-electron chi connectivity index (χ3n) is 6.15. The maximum Gasteiger partial charge on any atom is 0.244 e. The van der Waals surface area contributed by atoms with Crippen LogP contribution in [0.1, 0.15) is 51.4 Å². The Kier molecular flexibility index (Phi) is 5.69. The molecule has 1 amide bonds. The highest BCUT2D eigenvalue weighted by atomic mass is 35.5. The van der Waals surface area contributed by atoms with Crippen LogP contribution in [0.15, 0.2) is 0 Å². The Morgan fingerprint density at radius 2 is 1.61 bits per heavy atom. The molecule has 3 rings (SSSR count). The van der Waals surface area contributed by atoms with E-state index in [4.69, 9.17) is 0 Å². The predicted octanol–water partition coefficient (Wildman–Crippen LogP) is 1.76. The summed E-state index contributed by atoms with van der Waals surface area (Å²) in [6.45, 7) is 2.73. The van der Waals surface area contributed by atoms with Crippen molar-refractivity contribution < 1.29 is 13.2 Å². The van der Waals surface area contributed by atoms with E-state index < -0.39 is 14.6 Å². The quantitative estimate of drug-likeness (QED) is 0.810. The van der Waals surface area contributed by atoms with Gasteiger partial charge in [0, 0.05) is 19.3 Å². The van der Waals surface area contributed by atoms with Gasteiger partial charge in [-0.15, -0.1) is 12.4 Å². The van der Waals surface area contributed by atoms with Crippen molar-refractivity contribution in [3.63, 3.8) is 0 Å². The molecule has 2 heterocycles. The normalized spacial score (nSPS) is 26.7. The minimum absolute atomic E-state index is 0. The topological polar surface area (TPSA) is 66.5 Å². The molecule has 134 valence electrons. The molecule has 3 aliphatic rings. The van der Waals surface area contributed by atoms with Gasteiger partial charge < -0.3 is 10.2 Å². The van der Waals surface area contributed by atoms with E-state index >= 15 is 0 Å². The maximum atomic E-state index is 13.1. The average molecular weight is 365 g/mol. The molecule has 0 atom stereocenters. The summed E-state index contributed by atoms with van der Waals surface area (Å²) in [5.41, 5.74) is 0.277. The Hall–Kier alpha value is -0.330. The molecule has 0 aromatic carbocycles. The third-order valence-corrected chi connectivity index (χ3v) is 8.15. The van der Waals surface area contributed by atoms with Gasteiger partial charge in [0.05, 0.1) is 0 Å². The molecule has 1 aliphatic carbocycles. The van der Waals surface area contributed by atoms with E-state index in [0.717, 1.165) is 19.5 Å². The molecule has 2 saturated heterocycles. The summed E-state index contributed by atoms with van der Waals surface area (Å²) < 4.78 is 23.6. The van der Waals surface area contributed by atoms with Gasteiger partial charge in [0.25, 0.3) is 0 Å². The van der Waals surface area contributed by atoms with E-state index in [9.17, 15) is 13.2 Å². The number of hydrogen-bond donors (Lipinski definition) is 1. The summed E-state index contributed by atoms with van der Waals surface area (Å²) in [6, 6.07) is 0. The maximum absolute atomic E-state index is 13.1. The zero-order valence-corrected chi connectivity index (χ0v) is 15.6. The molecule has 0 aromatic heterocycles. The van der Waals surface area contributed by atoms with E-state index in [-0.39, 0.29) is 23.7 Å². The Morgan fingerprint density at radius 3 is 2.17 bits per heavy atom. The van der Waals surface area contributed by atoms with Crippen molar-refractivity contribution in [2.45, 2.75) is 56.1 Å². The molecule has 0 unspecified atom stereocenters. The summed E-state index contributed by atoms with van der Waals surface area (Å²) in [5.74, 6) is -0.126. The van der Waals surface area contributed by atoms with Gasteiger partial charge in [-0.1, -0.05) is 19.3 Å². The number of nitrogens with one attached hydrogen (secondary N) is 1. The van der Waals surface area contributed by atoms with Gasteiger partial charge in [-0.25, -0.2) is 8.42 Å². The lowest BCUT2D eigenvalue weighted by molar-refractivity contribution is -0.134. The second-order valence-corrected chi connectivity index (χ2v) is 9.88. The van der Waals surface area contributed by atoms with Crippen LogP contribution in [0.4, 0.5) is 0 Å². The fourth-order valence-electron chi connectivity index (χ4n) is 4.68. The molecule has 1 spiro atoms. The van der Waals surface area contributed by atoms with Crippen molar-refractivity contribution in [1.82, 2.24) is 10.2 Å². The van der Waals surface area contributed by atoms with Gasteiger partial charge in [-0.3, -0.25) is 4.79 Å². The van der Waals surface area contributed by atoms with E-state index in [1.807, 2.05) is 4.90 Å². The Balaban J connectivity index is 0.00000192. The molecular formula is C16H29ClN2O3S. The minimum Gasteiger partial charge on any atom is -0.341 e. The molecule has 3 fully saturated rings. The molecular weight excluding hydrogens is 336 g/mol. The molecule has 1 N–H and O–H groups in total. The molecule has 2 aliphatic heterocycles. The number of piperidine rings is 1. The highest BCUT2D eigenvalue weighted by Crippen LogP contribution is 2.45. The molecule has 0 aromatic rings. The first-order valence-electron chi connectivity index (χ1n) is 8.58. The van der Waals surface area contributed by atoms with Crippen molar-refractivity contribution in [3.8, 4) is 0 Å². The SMILES string of the molecule is CS(=O)(=O)C1(C(=O)N2CCC3(CCCCC3)C2)CCNCC1.Cl. The number of nitrogens with zero attached hydrogens (tertiary/aromatic N) is 1. The van der Waals surface area contributed by atoms with Gasteiger partial charge in [0.1, 0.15) is 0 Å². The summed E-state index contributed by atoms with van der Waals surface area (Å²) >= 11 is 0. The second-order valence-electron chi connectivity index (χ2n) is 7.55. The third kappa shape index (κ3) is 3.40. The monoisotopic (exact) mass is 364 g/mol. The number of carbonyl (C=O) groups is 1. The highest BCUT2D eigenvalue weighted by Gasteiger charge is 2.53. The standard InChI is InChI=1S/C16H28N2O3S.ClH/c1-22(20,21)16(7-10-17-11-8-16)14(19)18-12-9-15(13-18)5-3-2-4-6-15;/h17H,2-13H2,1H3;1H. The van der Waals surface area contributed by atoms with Crippen LogP contribution in [0.3, 0.4) is 0 Å². The molecule has 5 nitrogen and oxygen atoms in total. The van der Waals surface area contributed by atoms with E-state index in [1.165, 1.54) is 38.4 Å². The lowest BCUT2D eigenvalue weighted by atomic mass is 9.73. The van der Waals surface area contributed by atoms with Crippen molar-refractivity contribution in [2.24, 2.45) is 5.41 Å². The second kappa shape index (κ2) is 6.89. The number of amides is 1. The predicted molar refractivity (Wildman–Crippen MR) is 93.6 cm³/mol. The van der Waals surface area contributed by atoms with Crippen LogP contribution in [0.25, 0.3) is 0 Å². The average Bonchev–Trinajstić information content (AvgIpc) is 2.90. The van der Waals surface area contributed by atoms with Crippen LogP contribution in [-0.2, 0) is 14.6 Å². The smallest absolute Gasteiger partial charge is 0.244 e.